The minimum atomic E-state index is -2.95. The van der Waals surface area contributed by atoms with Crippen molar-refractivity contribution < 1.29 is 18.3 Å². The first kappa shape index (κ1) is 13.2. The Morgan fingerprint density at radius 2 is 2.07 bits per heavy atom. The van der Waals surface area contributed by atoms with Crippen molar-refractivity contribution in [3.63, 3.8) is 0 Å². The first-order chi connectivity index (χ1) is 6.54. The molecule has 0 saturated heterocycles. The van der Waals surface area contributed by atoms with Gasteiger partial charge in [-0.25, -0.2) is 0 Å². The molecule has 84 valence electrons. The van der Waals surface area contributed by atoms with Gasteiger partial charge in [0.1, 0.15) is 0 Å². The molecule has 1 amide bonds. The second-order valence-corrected chi connectivity index (χ2v) is 3.01. The summed E-state index contributed by atoms with van der Waals surface area (Å²) >= 11 is 0. The van der Waals surface area contributed by atoms with Gasteiger partial charge in [-0.05, 0) is 14.1 Å². The maximum atomic E-state index is 11.6. The fraction of sp³-hybridized carbons (Fsp3) is 0.875. The van der Waals surface area contributed by atoms with E-state index in [-0.39, 0.29) is 13.2 Å². The van der Waals surface area contributed by atoms with Gasteiger partial charge in [0.25, 0.3) is 5.91 Å². The van der Waals surface area contributed by atoms with Crippen molar-refractivity contribution in [3.8, 4) is 0 Å². The highest BCUT2D eigenvalue weighted by atomic mass is 19.3. The molecule has 0 fully saturated rings. The number of carbonyl (C=O) groups is 1. The lowest BCUT2D eigenvalue weighted by Crippen LogP contribution is -2.32. The minimum absolute atomic E-state index is 0.122. The molecule has 0 aromatic rings. The largest absolute Gasteiger partial charge is 0.378 e. The maximum absolute atomic E-state index is 11.6. The first-order valence-electron chi connectivity index (χ1n) is 4.32. The SMILES string of the molecule is CN(C)CCOCCNC(=O)C(F)F. The van der Waals surface area contributed by atoms with Crippen LogP contribution in [0.15, 0.2) is 0 Å². The van der Waals surface area contributed by atoms with Gasteiger partial charge >= 0.3 is 6.43 Å². The van der Waals surface area contributed by atoms with E-state index in [0.717, 1.165) is 6.54 Å². The monoisotopic (exact) mass is 210 g/mol. The van der Waals surface area contributed by atoms with E-state index in [2.05, 4.69) is 0 Å². The Hall–Kier alpha value is -0.750. The van der Waals surface area contributed by atoms with E-state index in [1.807, 2.05) is 24.3 Å². The van der Waals surface area contributed by atoms with Crippen LogP contribution in [0.3, 0.4) is 0 Å². The Morgan fingerprint density at radius 3 is 2.57 bits per heavy atom. The zero-order valence-corrected chi connectivity index (χ0v) is 8.43. The van der Waals surface area contributed by atoms with Crippen LogP contribution in [0.25, 0.3) is 0 Å². The normalized spacial score (nSPS) is 11.0. The van der Waals surface area contributed by atoms with Crippen LogP contribution in [0.2, 0.25) is 0 Å². The van der Waals surface area contributed by atoms with Gasteiger partial charge in [-0.1, -0.05) is 0 Å². The van der Waals surface area contributed by atoms with Crippen molar-refractivity contribution in [2.75, 3.05) is 40.4 Å². The van der Waals surface area contributed by atoms with Crippen LogP contribution in [0.4, 0.5) is 8.78 Å². The van der Waals surface area contributed by atoms with Gasteiger partial charge in [-0.15, -0.1) is 0 Å². The van der Waals surface area contributed by atoms with Crippen molar-refractivity contribution in [2.24, 2.45) is 0 Å². The van der Waals surface area contributed by atoms with Crippen LogP contribution in [-0.2, 0) is 9.53 Å². The third kappa shape index (κ3) is 7.88. The molecule has 6 heteroatoms. The first-order valence-corrected chi connectivity index (χ1v) is 4.32. The van der Waals surface area contributed by atoms with Crippen molar-refractivity contribution >= 4 is 5.91 Å². The van der Waals surface area contributed by atoms with E-state index in [1.165, 1.54) is 0 Å². The van der Waals surface area contributed by atoms with Gasteiger partial charge in [0.2, 0.25) is 0 Å². The predicted molar refractivity (Wildman–Crippen MR) is 48.4 cm³/mol. The van der Waals surface area contributed by atoms with E-state index in [1.54, 1.807) is 0 Å². The van der Waals surface area contributed by atoms with Crippen molar-refractivity contribution in [3.05, 3.63) is 0 Å². The van der Waals surface area contributed by atoms with Gasteiger partial charge in [0.15, 0.2) is 0 Å². The summed E-state index contributed by atoms with van der Waals surface area (Å²) in [7, 11) is 3.81. The Labute approximate surface area is 82.2 Å². The average molecular weight is 210 g/mol. The lowest BCUT2D eigenvalue weighted by atomic mass is 10.5. The van der Waals surface area contributed by atoms with Crippen LogP contribution < -0.4 is 5.32 Å². The number of hydrogen-bond acceptors (Lipinski definition) is 3. The fourth-order valence-electron chi connectivity index (χ4n) is 0.673. The summed E-state index contributed by atoms with van der Waals surface area (Å²) in [5.41, 5.74) is 0. The Kier molecular flexibility index (Phi) is 7.23. The zero-order chi connectivity index (χ0) is 11.0. The Morgan fingerprint density at radius 1 is 1.43 bits per heavy atom. The molecule has 0 aliphatic carbocycles. The standard InChI is InChI=1S/C8H16F2N2O2/c1-12(2)4-6-14-5-3-11-8(13)7(9)10/h7H,3-6H2,1-2H3,(H,11,13). The second kappa shape index (κ2) is 7.64. The van der Waals surface area contributed by atoms with Crippen LogP contribution in [0.5, 0.6) is 0 Å². The number of ether oxygens (including phenoxy) is 1. The lowest BCUT2D eigenvalue weighted by Gasteiger charge is -2.10. The number of halogens is 2. The van der Waals surface area contributed by atoms with Crippen LogP contribution in [0.1, 0.15) is 0 Å². The molecule has 0 aliphatic rings. The number of rotatable bonds is 7. The minimum Gasteiger partial charge on any atom is -0.378 e. The van der Waals surface area contributed by atoms with Gasteiger partial charge in [0.05, 0.1) is 13.2 Å². The maximum Gasteiger partial charge on any atom is 0.315 e. The summed E-state index contributed by atoms with van der Waals surface area (Å²) in [6.07, 6.45) is -2.95. The molecule has 0 saturated carbocycles. The number of alkyl halides is 2. The van der Waals surface area contributed by atoms with Crippen LogP contribution >= 0.6 is 0 Å². The Bertz CT molecular complexity index is 165. The molecule has 0 atom stereocenters. The van der Waals surface area contributed by atoms with Gasteiger partial charge < -0.3 is 15.0 Å². The van der Waals surface area contributed by atoms with Crippen molar-refractivity contribution in [1.29, 1.82) is 0 Å². The van der Waals surface area contributed by atoms with E-state index < -0.39 is 12.3 Å². The molecule has 0 aliphatic heterocycles. The quantitative estimate of drug-likeness (QED) is 0.599. The third-order valence-corrected chi connectivity index (χ3v) is 1.43. The van der Waals surface area contributed by atoms with Gasteiger partial charge in [0, 0.05) is 13.1 Å². The molecule has 14 heavy (non-hydrogen) atoms. The van der Waals surface area contributed by atoms with Gasteiger partial charge in [-0.2, -0.15) is 8.78 Å². The predicted octanol–water partition coefficient (Wildman–Crippen LogP) is -0.0541. The highest BCUT2D eigenvalue weighted by Gasteiger charge is 2.13. The number of likely N-dealkylation sites (N-methyl/N-ethyl adjacent to an activating group) is 1. The molecule has 0 unspecified atom stereocenters. The molecule has 0 spiro atoms. The third-order valence-electron chi connectivity index (χ3n) is 1.43. The molecule has 4 nitrogen and oxygen atoms in total. The summed E-state index contributed by atoms with van der Waals surface area (Å²) < 4.78 is 28.4. The van der Waals surface area contributed by atoms with E-state index in [9.17, 15) is 13.6 Å². The molecule has 0 bridgehead atoms. The fourth-order valence-corrected chi connectivity index (χ4v) is 0.673. The number of nitrogens with zero attached hydrogens (tertiary/aromatic N) is 1. The van der Waals surface area contributed by atoms with E-state index in [0.29, 0.717) is 6.61 Å². The number of amides is 1. The molecule has 0 radical (unpaired) electrons. The van der Waals surface area contributed by atoms with Crippen LogP contribution in [0, 0.1) is 0 Å². The molecule has 0 aromatic carbocycles. The molecule has 0 heterocycles. The summed E-state index contributed by atoms with van der Waals surface area (Å²) in [5.74, 6) is -1.25. The summed E-state index contributed by atoms with van der Waals surface area (Å²) in [6.45, 7) is 1.67. The number of carbonyl (C=O) groups excluding carboxylic acids is 1. The molecule has 0 aromatic heterocycles. The molecule has 0 rings (SSSR count). The zero-order valence-electron chi connectivity index (χ0n) is 8.43. The topological polar surface area (TPSA) is 41.6 Å². The second-order valence-electron chi connectivity index (χ2n) is 3.01. The smallest absolute Gasteiger partial charge is 0.315 e. The summed E-state index contributed by atoms with van der Waals surface area (Å²) in [5, 5.41) is 2.04. The molecular formula is C8H16F2N2O2. The van der Waals surface area contributed by atoms with Crippen molar-refractivity contribution in [1.82, 2.24) is 10.2 Å². The summed E-state index contributed by atoms with van der Waals surface area (Å²) in [6, 6.07) is 0. The van der Waals surface area contributed by atoms with Crippen molar-refractivity contribution in [2.45, 2.75) is 6.43 Å². The number of nitrogens with one attached hydrogen (secondary N) is 1. The van der Waals surface area contributed by atoms with Crippen LogP contribution in [-0.4, -0.2) is 57.6 Å². The Balaban J connectivity index is 3.18. The average Bonchev–Trinajstić information content (AvgIpc) is 2.09. The molecule has 1 N–H and O–H groups in total. The van der Waals surface area contributed by atoms with Gasteiger partial charge in [-0.3, -0.25) is 4.79 Å². The number of hydrogen-bond donors (Lipinski definition) is 1. The highest BCUT2D eigenvalue weighted by molar-refractivity contribution is 5.78. The van der Waals surface area contributed by atoms with E-state index in [4.69, 9.17) is 4.74 Å². The molecular weight excluding hydrogens is 194 g/mol. The van der Waals surface area contributed by atoms with E-state index >= 15 is 0 Å². The lowest BCUT2D eigenvalue weighted by molar-refractivity contribution is -0.131. The highest BCUT2D eigenvalue weighted by Crippen LogP contribution is 1.89. The summed E-state index contributed by atoms with van der Waals surface area (Å²) in [4.78, 5) is 12.3.